The van der Waals surface area contributed by atoms with Crippen LogP contribution in [0.2, 0.25) is 5.02 Å². The first-order valence-corrected chi connectivity index (χ1v) is 21.7. The number of nitrogens with zero attached hydrogens (tertiary/aromatic N) is 2. The Morgan fingerprint density at radius 3 is 2.40 bits per heavy atom. The number of carbonyl (C=O) groups excluding carboxylic acids is 4. The third kappa shape index (κ3) is 11.9. The van der Waals surface area contributed by atoms with Crippen molar-refractivity contribution in [1.82, 2.24) is 30.7 Å². The number of likely N-dealkylation sites (tertiary alicyclic amines) is 2. The lowest BCUT2D eigenvalue weighted by Crippen LogP contribution is -2.56. The average molecular weight is 873 g/mol. The van der Waals surface area contributed by atoms with Crippen LogP contribution in [0, 0.1) is 17.8 Å². The second-order valence-electron chi connectivity index (χ2n) is 16.5. The van der Waals surface area contributed by atoms with E-state index in [0.717, 1.165) is 22.0 Å². The molecular weight excluding hydrogens is 816 g/mol. The van der Waals surface area contributed by atoms with Crippen LogP contribution >= 0.6 is 11.6 Å². The summed E-state index contributed by atoms with van der Waals surface area (Å²) in [7, 11) is 1.52. The number of aromatic amines is 1. The van der Waals surface area contributed by atoms with E-state index in [0.29, 0.717) is 86.8 Å². The maximum absolute atomic E-state index is 14.6. The van der Waals surface area contributed by atoms with Gasteiger partial charge in [-0.15, -0.1) is 0 Å². The van der Waals surface area contributed by atoms with Gasteiger partial charge in [0.2, 0.25) is 17.7 Å². The third-order valence-corrected chi connectivity index (χ3v) is 11.9. The normalized spacial score (nSPS) is 17.7. The first-order chi connectivity index (χ1) is 29.8. The Bertz CT molecular complexity index is 2230. The van der Waals surface area contributed by atoms with Crippen molar-refractivity contribution in [2.75, 3.05) is 46.4 Å². The average Bonchev–Trinajstić information content (AvgIpc) is 3.85. The number of amides is 5. The zero-order valence-electron chi connectivity index (χ0n) is 35.5. The number of aryl methyl sites for hydroxylation is 1. The number of benzene rings is 3. The molecule has 332 valence electrons. The maximum Gasteiger partial charge on any atom is 0.404 e. The number of phenolic OH excluding ortho intramolecular Hbond substituents is 1. The molecule has 4 atom stereocenters. The van der Waals surface area contributed by atoms with Crippen LogP contribution in [0.15, 0.2) is 66.9 Å². The number of aromatic hydroxyl groups is 1. The molecule has 2 aliphatic rings. The van der Waals surface area contributed by atoms with E-state index in [4.69, 9.17) is 26.2 Å². The van der Waals surface area contributed by atoms with Crippen LogP contribution in [0.5, 0.6) is 17.2 Å². The highest BCUT2D eigenvalue weighted by molar-refractivity contribution is 6.31. The van der Waals surface area contributed by atoms with E-state index in [9.17, 15) is 29.1 Å². The Kier molecular flexibility index (Phi) is 15.6. The van der Waals surface area contributed by atoms with E-state index >= 15 is 0 Å². The lowest BCUT2D eigenvalue weighted by Gasteiger charge is -2.40. The summed E-state index contributed by atoms with van der Waals surface area (Å²) in [6.45, 7) is 5.53. The van der Waals surface area contributed by atoms with E-state index < -0.39 is 18.1 Å². The van der Waals surface area contributed by atoms with E-state index in [-0.39, 0.29) is 66.8 Å². The summed E-state index contributed by atoms with van der Waals surface area (Å²) in [5, 5.41) is 28.6. The fourth-order valence-corrected chi connectivity index (χ4v) is 8.74. The molecule has 2 fully saturated rings. The van der Waals surface area contributed by atoms with Crippen LogP contribution in [0.25, 0.3) is 10.9 Å². The zero-order valence-corrected chi connectivity index (χ0v) is 36.2. The first-order valence-electron chi connectivity index (χ1n) is 21.3. The number of carboxylic acid groups (broad SMARTS) is 1. The zero-order chi connectivity index (χ0) is 44.3. The number of carbonyl (C=O) groups is 5. The van der Waals surface area contributed by atoms with Crippen LogP contribution in [0.4, 0.5) is 4.79 Å². The minimum absolute atomic E-state index is 0.0903. The SMILES string of the molecule is COc1cc(C(=O)N2CC3CN(C(=O)Cc4c[nH]c5cc(Cl)ccc45)CC(C(=O)N[C@@H](CCCc4cccc(O)c4)C(=O)NCCCCCNC(=O)O)C3C2)ccc1OC(C)C. The summed E-state index contributed by atoms with van der Waals surface area (Å²) in [6.07, 6.45) is 4.04. The van der Waals surface area contributed by atoms with Gasteiger partial charge in [-0.3, -0.25) is 19.2 Å². The van der Waals surface area contributed by atoms with Gasteiger partial charge in [-0.05, 0) is 118 Å². The lowest BCUT2D eigenvalue weighted by molar-refractivity contribution is -0.140. The molecule has 3 aromatic carbocycles. The standard InChI is InChI=1S/C46H57ClN6O9/c1-28(2)62-40-16-13-30(20-41(40)61-3)45(58)53-25-32-24-52(42(55)21-31-23-50-39-22-33(47)14-15-35(31)39)27-37(36(32)26-53)43(56)51-38(12-8-10-29-9-7-11-34(54)19-29)44(57)48-17-5-4-6-18-49-46(59)60/h7,9,11,13-16,19-20,22-23,28,32,36-38,49-50,54H,4-6,8,10,12,17-18,21,24-27H2,1-3H3,(H,48,57)(H,51,56)(H,59,60)/t32?,36?,37?,38-/m0/s1. The Hall–Kier alpha value is -5.96. The van der Waals surface area contributed by atoms with Crippen LogP contribution in [-0.4, -0.2) is 113 Å². The van der Waals surface area contributed by atoms with Crippen molar-refractivity contribution >= 4 is 52.2 Å². The number of piperidine rings is 1. The molecule has 3 heterocycles. The number of ether oxygens (including phenoxy) is 2. The molecule has 2 saturated heterocycles. The van der Waals surface area contributed by atoms with Gasteiger partial charge < -0.3 is 50.4 Å². The van der Waals surface area contributed by atoms with Crippen LogP contribution in [-0.2, 0) is 27.2 Å². The molecule has 0 bridgehead atoms. The number of halogens is 1. The smallest absolute Gasteiger partial charge is 0.404 e. The molecule has 62 heavy (non-hydrogen) atoms. The van der Waals surface area contributed by atoms with Gasteiger partial charge in [-0.25, -0.2) is 4.79 Å². The third-order valence-electron chi connectivity index (χ3n) is 11.6. The molecule has 0 radical (unpaired) electrons. The van der Waals surface area contributed by atoms with Gasteiger partial charge in [0.1, 0.15) is 11.8 Å². The number of hydrogen-bond acceptors (Lipinski definition) is 8. The molecule has 6 rings (SSSR count). The molecule has 0 aliphatic carbocycles. The highest BCUT2D eigenvalue weighted by Crippen LogP contribution is 2.38. The van der Waals surface area contributed by atoms with Crippen molar-refractivity contribution in [3.63, 3.8) is 0 Å². The molecule has 0 saturated carbocycles. The Morgan fingerprint density at radius 2 is 1.66 bits per heavy atom. The first kappa shape index (κ1) is 45.6. The molecule has 0 spiro atoms. The number of methoxy groups -OCH3 is 1. The molecule has 6 N–H and O–H groups in total. The van der Waals surface area contributed by atoms with Gasteiger partial charge >= 0.3 is 6.09 Å². The van der Waals surface area contributed by atoms with Crippen molar-refractivity contribution in [2.45, 2.75) is 70.9 Å². The van der Waals surface area contributed by atoms with Gasteiger partial charge in [0.05, 0.1) is 25.6 Å². The number of phenols is 1. The van der Waals surface area contributed by atoms with Gasteiger partial charge in [0.15, 0.2) is 11.5 Å². The molecule has 15 nitrogen and oxygen atoms in total. The Morgan fingerprint density at radius 1 is 0.887 bits per heavy atom. The summed E-state index contributed by atoms with van der Waals surface area (Å²) < 4.78 is 11.4. The largest absolute Gasteiger partial charge is 0.508 e. The summed E-state index contributed by atoms with van der Waals surface area (Å²) in [5.74, 6) is -1.25. The summed E-state index contributed by atoms with van der Waals surface area (Å²) in [4.78, 5) is 74.1. The van der Waals surface area contributed by atoms with Gasteiger partial charge in [0.25, 0.3) is 5.91 Å². The highest BCUT2D eigenvalue weighted by atomic mass is 35.5. The number of fused-ring (bicyclic) bond motifs is 2. The minimum Gasteiger partial charge on any atom is -0.508 e. The fourth-order valence-electron chi connectivity index (χ4n) is 8.56. The second-order valence-corrected chi connectivity index (χ2v) is 16.9. The number of rotatable bonds is 19. The predicted molar refractivity (Wildman–Crippen MR) is 235 cm³/mol. The maximum atomic E-state index is 14.6. The van der Waals surface area contributed by atoms with Gasteiger partial charge in [0, 0.05) is 67.0 Å². The molecule has 16 heteroatoms. The van der Waals surface area contributed by atoms with Crippen LogP contribution in [0.1, 0.15) is 67.4 Å². The fraction of sp³-hybridized carbons (Fsp3) is 0.457. The molecular formula is C46H57ClN6O9. The monoisotopic (exact) mass is 872 g/mol. The lowest BCUT2D eigenvalue weighted by atomic mass is 9.79. The van der Waals surface area contributed by atoms with E-state index in [1.54, 1.807) is 64.5 Å². The second kappa shape index (κ2) is 21.2. The summed E-state index contributed by atoms with van der Waals surface area (Å²) in [6, 6.07) is 16.5. The van der Waals surface area contributed by atoms with Gasteiger partial charge in [-0.1, -0.05) is 29.8 Å². The number of hydrogen-bond donors (Lipinski definition) is 6. The van der Waals surface area contributed by atoms with E-state index in [1.807, 2.05) is 26.0 Å². The molecule has 2 aliphatic heterocycles. The number of H-pyrrole nitrogens is 1. The van der Waals surface area contributed by atoms with Crippen LogP contribution in [0.3, 0.4) is 0 Å². The topological polar surface area (TPSA) is 203 Å². The predicted octanol–water partition coefficient (Wildman–Crippen LogP) is 5.77. The number of nitrogens with one attached hydrogen (secondary N) is 4. The Balaban J connectivity index is 1.21. The summed E-state index contributed by atoms with van der Waals surface area (Å²) in [5.41, 5.74) is 2.91. The van der Waals surface area contributed by atoms with Crippen molar-refractivity contribution in [2.24, 2.45) is 17.8 Å². The highest BCUT2D eigenvalue weighted by Gasteiger charge is 2.48. The summed E-state index contributed by atoms with van der Waals surface area (Å²) >= 11 is 6.21. The molecule has 4 aromatic rings. The van der Waals surface area contributed by atoms with E-state index in [2.05, 4.69) is 20.9 Å². The van der Waals surface area contributed by atoms with Crippen molar-refractivity contribution in [1.29, 1.82) is 0 Å². The molecule has 1 aromatic heterocycles. The quantitative estimate of drug-likeness (QED) is 0.0633. The van der Waals surface area contributed by atoms with Crippen molar-refractivity contribution in [3.8, 4) is 17.2 Å². The van der Waals surface area contributed by atoms with Crippen LogP contribution < -0.4 is 25.4 Å². The number of aromatic nitrogens is 1. The number of unbranched alkanes of at least 4 members (excludes halogenated alkanes) is 2. The van der Waals surface area contributed by atoms with Gasteiger partial charge in [-0.2, -0.15) is 0 Å². The Labute approximate surface area is 366 Å². The van der Waals surface area contributed by atoms with Crippen molar-refractivity contribution in [3.05, 3.63) is 88.6 Å². The molecule has 5 amide bonds. The minimum atomic E-state index is -1.08. The van der Waals surface area contributed by atoms with Crippen molar-refractivity contribution < 1.29 is 43.7 Å². The van der Waals surface area contributed by atoms with E-state index in [1.165, 1.54) is 7.11 Å². The molecule has 3 unspecified atom stereocenters.